The molecule has 0 radical (unpaired) electrons. The van der Waals surface area contributed by atoms with E-state index in [4.69, 9.17) is 30.5 Å². The highest BCUT2D eigenvalue weighted by molar-refractivity contribution is 7.90. The van der Waals surface area contributed by atoms with E-state index in [-0.39, 0.29) is 22.9 Å². The first-order valence-electron chi connectivity index (χ1n) is 19.0. The number of carbonyl (C=O) groups excluding carboxylic acids is 1. The van der Waals surface area contributed by atoms with Gasteiger partial charge in [-0.25, -0.2) is 13.1 Å². The van der Waals surface area contributed by atoms with Crippen LogP contribution in [0.4, 0.5) is 5.69 Å². The number of ether oxygens (including phenoxy) is 4. The van der Waals surface area contributed by atoms with E-state index in [1.807, 2.05) is 32.2 Å². The average Bonchev–Trinajstić information content (AvgIpc) is 3.25. The number of allylic oxidation sites excluding steroid dienone is 1. The minimum Gasteiger partial charge on any atom is -0.490 e. The van der Waals surface area contributed by atoms with Crippen LogP contribution in [0.3, 0.4) is 0 Å². The minimum atomic E-state index is -3.97. The lowest BCUT2D eigenvalue weighted by molar-refractivity contribution is -0.242. The summed E-state index contributed by atoms with van der Waals surface area (Å²) >= 11 is 6.50. The lowest BCUT2D eigenvalue weighted by Crippen LogP contribution is -2.65. The molecule has 8 rings (SSSR count). The molecule has 2 bridgehead atoms. The Kier molecular flexibility index (Phi) is 9.69. The highest BCUT2D eigenvalue weighted by Crippen LogP contribution is 2.49. The van der Waals surface area contributed by atoms with E-state index in [1.54, 1.807) is 13.0 Å². The van der Waals surface area contributed by atoms with Crippen LogP contribution in [0.15, 0.2) is 48.6 Å². The molecule has 2 aromatic carbocycles. The molecule has 0 aromatic heterocycles. The summed E-state index contributed by atoms with van der Waals surface area (Å²) < 4.78 is 54.7. The van der Waals surface area contributed by atoms with Gasteiger partial charge in [-0.15, -0.1) is 0 Å². The second-order valence-corrected chi connectivity index (χ2v) is 18.9. The number of fused-ring (bicyclic) bond motifs is 4. The van der Waals surface area contributed by atoms with Crippen LogP contribution in [0.5, 0.6) is 5.75 Å². The van der Waals surface area contributed by atoms with E-state index in [9.17, 15) is 13.2 Å². The quantitative estimate of drug-likeness (QED) is 0.415. The Morgan fingerprint density at radius 1 is 1.08 bits per heavy atom. The fraction of sp³-hybridized carbons (Fsp3) is 0.625. The molecule has 282 valence electrons. The van der Waals surface area contributed by atoms with E-state index in [1.165, 1.54) is 11.1 Å². The van der Waals surface area contributed by atoms with Crippen molar-refractivity contribution in [1.82, 2.24) is 9.62 Å². The number of rotatable bonds is 3. The van der Waals surface area contributed by atoms with Gasteiger partial charge in [-0.2, -0.15) is 0 Å². The van der Waals surface area contributed by atoms with Crippen LogP contribution in [0.1, 0.15) is 67.4 Å². The second kappa shape index (κ2) is 13.9. The zero-order chi connectivity index (χ0) is 36.3. The average molecular weight is 754 g/mol. The van der Waals surface area contributed by atoms with Gasteiger partial charge < -0.3 is 23.8 Å². The third-order valence-electron chi connectivity index (χ3n) is 13.1. The maximum absolute atomic E-state index is 13.6. The number of benzene rings is 2. The van der Waals surface area contributed by atoms with E-state index < -0.39 is 26.8 Å². The van der Waals surface area contributed by atoms with Crippen LogP contribution in [0.2, 0.25) is 5.02 Å². The molecule has 2 spiro atoms. The number of nitrogens with zero attached hydrogens (tertiary/aromatic N) is 2. The van der Waals surface area contributed by atoms with Gasteiger partial charge in [-0.05, 0) is 105 Å². The predicted molar refractivity (Wildman–Crippen MR) is 201 cm³/mol. The third-order valence-corrected chi connectivity index (χ3v) is 15.3. The summed E-state index contributed by atoms with van der Waals surface area (Å²) in [5, 5.41) is -0.0502. The Balaban J connectivity index is 1.20. The number of nitrogens with one attached hydrogen (secondary N) is 1. The maximum Gasteiger partial charge on any atom is 0.264 e. The molecule has 4 heterocycles. The van der Waals surface area contributed by atoms with Gasteiger partial charge >= 0.3 is 0 Å². The molecule has 2 saturated heterocycles. The van der Waals surface area contributed by atoms with Crippen molar-refractivity contribution in [3.63, 3.8) is 0 Å². The molecule has 1 saturated carbocycles. The Morgan fingerprint density at radius 2 is 1.92 bits per heavy atom. The zero-order valence-corrected chi connectivity index (χ0v) is 32.1. The van der Waals surface area contributed by atoms with Crippen molar-refractivity contribution in [2.24, 2.45) is 17.8 Å². The first kappa shape index (κ1) is 36.3. The number of aryl methyl sites for hydroxylation is 1. The molecule has 2 aromatic rings. The fourth-order valence-electron chi connectivity index (χ4n) is 9.72. The largest absolute Gasteiger partial charge is 0.490 e. The number of amides is 1. The molecule has 1 amide bonds. The number of morpholine rings is 1. The van der Waals surface area contributed by atoms with Crippen molar-refractivity contribution in [2.75, 3.05) is 71.2 Å². The molecule has 6 atom stereocenters. The highest BCUT2D eigenvalue weighted by atomic mass is 35.5. The number of hydrogen-bond acceptors (Lipinski definition) is 9. The van der Waals surface area contributed by atoms with Gasteiger partial charge in [-0.3, -0.25) is 9.69 Å². The summed E-state index contributed by atoms with van der Waals surface area (Å²) in [6.45, 7) is 9.76. The number of halogens is 1. The summed E-state index contributed by atoms with van der Waals surface area (Å²) in [7, 11) is -2.14. The number of sulfonamides is 1. The zero-order valence-electron chi connectivity index (χ0n) is 30.6. The maximum atomic E-state index is 13.6. The van der Waals surface area contributed by atoms with Crippen LogP contribution in [0, 0.1) is 17.8 Å². The van der Waals surface area contributed by atoms with Gasteiger partial charge in [-0.1, -0.05) is 36.7 Å². The first-order chi connectivity index (χ1) is 24.9. The van der Waals surface area contributed by atoms with Crippen LogP contribution >= 0.6 is 11.6 Å². The summed E-state index contributed by atoms with van der Waals surface area (Å²) in [6.07, 6.45) is 9.93. The van der Waals surface area contributed by atoms with E-state index in [2.05, 4.69) is 38.8 Å². The summed E-state index contributed by atoms with van der Waals surface area (Å²) in [5.74, 6) is 0.379. The van der Waals surface area contributed by atoms with Gasteiger partial charge in [0.1, 0.15) is 17.0 Å². The van der Waals surface area contributed by atoms with Crippen LogP contribution in [0.25, 0.3) is 0 Å². The Morgan fingerprint density at radius 3 is 2.67 bits per heavy atom. The van der Waals surface area contributed by atoms with E-state index in [0.717, 1.165) is 62.4 Å². The number of hydrogen-bond donors (Lipinski definition) is 1. The Hall–Kier alpha value is -2.67. The molecule has 2 aliphatic carbocycles. The Bertz CT molecular complexity index is 1830. The van der Waals surface area contributed by atoms with Crippen molar-refractivity contribution in [1.29, 1.82) is 0 Å². The molecule has 12 heteroatoms. The highest BCUT2D eigenvalue weighted by Gasteiger charge is 2.52. The predicted octanol–water partition coefficient (Wildman–Crippen LogP) is 5.37. The number of carbonyl (C=O) groups is 1. The molecular weight excluding hydrogens is 702 g/mol. The molecule has 6 aliphatic rings. The van der Waals surface area contributed by atoms with E-state index in [0.29, 0.717) is 63.2 Å². The van der Waals surface area contributed by atoms with E-state index >= 15 is 0 Å². The van der Waals surface area contributed by atoms with Gasteiger partial charge in [0.05, 0.1) is 37.4 Å². The summed E-state index contributed by atoms with van der Waals surface area (Å²) in [4.78, 5) is 18.5. The van der Waals surface area contributed by atoms with Crippen LogP contribution < -0.4 is 14.4 Å². The van der Waals surface area contributed by atoms with Crippen molar-refractivity contribution in [3.8, 4) is 5.75 Å². The lowest BCUT2D eigenvalue weighted by atomic mass is 9.63. The van der Waals surface area contributed by atoms with Crippen molar-refractivity contribution < 1.29 is 32.2 Å². The topological polar surface area (TPSA) is 107 Å². The molecule has 1 N–H and O–H groups in total. The fourth-order valence-corrected chi connectivity index (χ4v) is 11.2. The first-order valence-corrected chi connectivity index (χ1v) is 20.9. The van der Waals surface area contributed by atoms with Gasteiger partial charge in [0.15, 0.2) is 0 Å². The molecule has 3 fully saturated rings. The lowest BCUT2D eigenvalue weighted by Gasteiger charge is -2.54. The molecule has 10 nitrogen and oxygen atoms in total. The summed E-state index contributed by atoms with van der Waals surface area (Å²) in [6, 6.07) is 11.6. The Labute approximate surface area is 313 Å². The van der Waals surface area contributed by atoms with Gasteiger partial charge in [0.25, 0.3) is 5.91 Å². The smallest absolute Gasteiger partial charge is 0.264 e. The van der Waals surface area contributed by atoms with Crippen molar-refractivity contribution in [2.45, 2.75) is 74.2 Å². The molecule has 4 aliphatic heterocycles. The van der Waals surface area contributed by atoms with Crippen LogP contribution in [-0.2, 0) is 36.1 Å². The standard InChI is InChI=1S/C40H52ClN3O7S/c1-27-6-4-15-40(48-3,23-43-16-17-51-39(22-43)25-49-26-39)34-11-8-31(34)20-44-21-38(14-5-7-29-18-32(41)10-12-33(29)38)24-50-36-13-9-30(19-35(36)44)37(45)42-52(46,47)28(27)2/h4,9-10,12-13,15,18-19,27-28,31,34H,5-8,11,14,16-17,20-26H2,1-3H3,(H,42,45)/b15-4-/t27-,28+,31-,34+,38-,40+/m0/s1. The third kappa shape index (κ3) is 6.57. The monoisotopic (exact) mass is 753 g/mol. The normalized spacial score (nSPS) is 34.8. The van der Waals surface area contributed by atoms with Crippen molar-refractivity contribution >= 4 is 33.2 Å². The molecular formula is C40H52ClN3O7S. The molecule has 0 unspecified atom stereocenters. The van der Waals surface area contributed by atoms with Gasteiger partial charge in [0, 0.05) is 55.8 Å². The summed E-state index contributed by atoms with van der Waals surface area (Å²) in [5.41, 5.74) is 2.54. The van der Waals surface area contributed by atoms with Crippen molar-refractivity contribution in [3.05, 3.63) is 70.3 Å². The minimum absolute atomic E-state index is 0.224. The number of methoxy groups -OCH3 is 1. The SMILES string of the molecule is CO[C@@]1(CN2CCOC3(COC3)C2)/C=C\C[C@H](C)[C@@H](C)S(=O)(=O)NC(=O)c2ccc3c(c2)N(C[C@@H]2CC[C@H]21)C[C@@]1(CCCc2cc(Cl)ccc21)CO3. The second-order valence-electron chi connectivity index (χ2n) is 16.4. The van der Waals surface area contributed by atoms with Gasteiger partial charge in [0.2, 0.25) is 10.0 Å². The molecule has 52 heavy (non-hydrogen) atoms. The number of anilines is 1. The van der Waals surface area contributed by atoms with Crippen LogP contribution in [-0.4, -0.2) is 102 Å².